The first-order valence-electron chi connectivity index (χ1n) is 4.51. The van der Waals surface area contributed by atoms with E-state index in [-0.39, 0.29) is 13.1 Å². The highest BCUT2D eigenvalue weighted by atomic mass is 32.1. The minimum absolute atomic E-state index is 0.129. The van der Waals surface area contributed by atoms with Crippen LogP contribution in [0, 0.1) is 22.7 Å². The van der Waals surface area contributed by atoms with Crippen molar-refractivity contribution >= 4 is 17.3 Å². The van der Waals surface area contributed by atoms with Crippen molar-refractivity contribution in [3.8, 4) is 12.1 Å². The fraction of sp³-hybridized carbons (Fsp3) is 0.667. The predicted molar refractivity (Wildman–Crippen MR) is 59.9 cm³/mol. The van der Waals surface area contributed by atoms with Crippen LogP contribution in [-0.2, 0) is 4.74 Å². The molecule has 0 radical (unpaired) electrons. The molecule has 0 bridgehead atoms. The summed E-state index contributed by atoms with van der Waals surface area (Å²) < 4.78 is 4.88. The van der Waals surface area contributed by atoms with Crippen LogP contribution in [0.4, 0.5) is 0 Å². The number of ether oxygens (including phenoxy) is 1. The number of nitrogens with one attached hydrogen (secondary N) is 1. The van der Waals surface area contributed by atoms with E-state index in [1.54, 1.807) is 7.11 Å². The van der Waals surface area contributed by atoms with Gasteiger partial charge in [0.1, 0.15) is 13.1 Å². The van der Waals surface area contributed by atoms with Crippen LogP contribution >= 0.6 is 12.2 Å². The average molecular weight is 226 g/mol. The number of nitriles is 2. The van der Waals surface area contributed by atoms with Gasteiger partial charge in [0.05, 0.1) is 12.1 Å². The lowest BCUT2D eigenvalue weighted by atomic mass is 10.4. The first kappa shape index (κ1) is 13.6. The first-order valence-corrected chi connectivity index (χ1v) is 4.92. The molecule has 15 heavy (non-hydrogen) atoms. The fourth-order valence-electron chi connectivity index (χ4n) is 0.894. The van der Waals surface area contributed by atoms with Gasteiger partial charge >= 0.3 is 0 Å². The molecule has 0 heterocycles. The molecule has 0 atom stereocenters. The highest BCUT2D eigenvalue weighted by molar-refractivity contribution is 7.80. The number of rotatable bonds is 6. The summed E-state index contributed by atoms with van der Waals surface area (Å²) in [6.45, 7) is 1.60. The smallest absolute Gasteiger partial charge is 0.170 e. The van der Waals surface area contributed by atoms with Gasteiger partial charge in [-0.25, -0.2) is 0 Å². The number of hydrogen-bond donors (Lipinski definition) is 1. The van der Waals surface area contributed by atoms with Gasteiger partial charge in [0.2, 0.25) is 0 Å². The van der Waals surface area contributed by atoms with Crippen LogP contribution in [0.2, 0.25) is 0 Å². The largest absolute Gasteiger partial charge is 0.385 e. The van der Waals surface area contributed by atoms with Crippen molar-refractivity contribution in [1.82, 2.24) is 10.2 Å². The zero-order valence-corrected chi connectivity index (χ0v) is 9.51. The summed E-state index contributed by atoms with van der Waals surface area (Å²) in [5.74, 6) is 0. The number of nitrogens with zero attached hydrogens (tertiary/aromatic N) is 3. The molecular formula is C9H14N4OS. The van der Waals surface area contributed by atoms with Crippen molar-refractivity contribution in [2.24, 2.45) is 0 Å². The molecule has 0 aromatic rings. The molecule has 0 rings (SSSR count). The van der Waals surface area contributed by atoms with Crippen LogP contribution < -0.4 is 5.32 Å². The Labute approximate surface area is 95.2 Å². The van der Waals surface area contributed by atoms with Crippen molar-refractivity contribution in [2.75, 3.05) is 33.4 Å². The topological polar surface area (TPSA) is 72.1 Å². The van der Waals surface area contributed by atoms with Gasteiger partial charge in [-0.3, -0.25) is 0 Å². The SMILES string of the molecule is COCCCNC(=S)N(CC#N)CC#N. The minimum Gasteiger partial charge on any atom is -0.385 e. The molecule has 0 aliphatic heterocycles. The first-order chi connectivity index (χ1) is 7.26. The lowest BCUT2D eigenvalue weighted by molar-refractivity contribution is 0.195. The summed E-state index contributed by atoms with van der Waals surface area (Å²) in [4.78, 5) is 1.52. The maximum Gasteiger partial charge on any atom is 0.170 e. The van der Waals surface area contributed by atoms with E-state index in [1.807, 2.05) is 12.1 Å². The van der Waals surface area contributed by atoms with E-state index in [1.165, 1.54) is 4.90 Å². The molecule has 0 amide bonds. The number of thiocarbonyl (C=S) groups is 1. The molecule has 0 spiro atoms. The molecule has 5 nitrogen and oxygen atoms in total. The van der Waals surface area contributed by atoms with E-state index in [9.17, 15) is 0 Å². The zero-order chi connectivity index (χ0) is 11.5. The van der Waals surface area contributed by atoms with E-state index in [0.29, 0.717) is 18.3 Å². The molecule has 0 aliphatic rings. The predicted octanol–water partition coefficient (Wildman–Crippen LogP) is 0.247. The van der Waals surface area contributed by atoms with Gasteiger partial charge < -0.3 is 15.0 Å². The van der Waals surface area contributed by atoms with Gasteiger partial charge in [-0.2, -0.15) is 10.5 Å². The second-order valence-electron chi connectivity index (χ2n) is 2.75. The lowest BCUT2D eigenvalue weighted by Crippen LogP contribution is -2.40. The van der Waals surface area contributed by atoms with Gasteiger partial charge in [-0.05, 0) is 18.6 Å². The third-order valence-corrected chi connectivity index (χ3v) is 2.01. The van der Waals surface area contributed by atoms with Gasteiger partial charge in [0, 0.05) is 20.3 Å². The minimum atomic E-state index is 0.129. The van der Waals surface area contributed by atoms with Crippen molar-refractivity contribution in [2.45, 2.75) is 6.42 Å². The van der Waals surface area contributed by atoms with Crippen molar-refractivity contribution in [3.63, 3.8) is 0 Å². The number of methoxy groups -OCH3 is 1. The third kappa shape index (κ3) is 6.67. The molecule has 6 heteroatoms. The van der Waals surface area contributed by atoms with E-state index < -0.39 is 0 Å². The maximum atomic E-state index is 8.51. The van der Waals surface area contributed by atoms with Crippen molar-refractivity contribution in [3.05, 3.63) is 0 Å². The monoisotopic (exact) mass is 226 g/mol. The fourth-order valence-corrected chi connectivity index (χ4v) is 1.13. The van der Waals surface area contributed by atoms with Crippen LogP contribution in [-0.4, -0.2) is 43.4 Å². The molecule has 0 saturated heterocycles. The van der Waals surface area contributed by atoms with Gasteiger partial charge in [0.15, 0.2) is 5.11 Å². The molecule has 0 aromatic heterocycles. The lowest BCUT2D eigenvalue weighted by Gasteiger charge is -2.19. The van der Waals surface area contributed by atoms with Gasteiger partial charge in [-0.15, -0.1) is 0 Å². The van der Waals surface area contributed by atoms with Gasteiger partial charge in [0.25, 0.3) is 0 Å². The van der Waals surface area contributed by atoms with Crippen molar-refractivity contribution < 1.29 is 4.74 Å². The highest BCUT2D eigenvalue weighted by Crippen LogP contribution is 1.89. The summed E-state index contributed by atoms with van der Waals surface area (Å²) in [5, 5.41) is 20.4. The third-order valence-electron chi connectivity index (χ3n) is 1.61. The Kier molecular flexibility index (Phi) is 8.36. The van der Waals surface area contributed by atoms with Crippen LogP contribution in [0.5, 0.6) is 0 Å². The van der Waals surface area contributed by atoms with E-state index >= 15 is 0 Å². The summed E-state index contributed by atoms with van der Waals surface area (Å²) in [6.07, 6.45) is 0.837. The summed E-state index contributed by atoms with van der Waals surface area (Å²) in [7, 11) is 1.63. The molecule has 82 valence electrons. The Morgan fingerprint density at radius 1 is 1.40 bits per heavy atom. The Morgan fingerprint density at radius 2 is 2.00 bits per heavy atom. The molecule has 1 N–H and O–H groups in total. The molecule has 0 fully saturated rings. The zero-order valence-electron chi connectivity index (χ0n) is 8.69. The Bertz CT molecular complexity index is 252. The Morgan fingerprint density at radius 3 is 2.47 bits per heavy atom. The second kappa shape index (κ2) is 9.20. The molecular weight excluding hydrogens is 212 g/mol. The summed E-state index contributed by atoms with van der Waals surface area (Å²) in [6, 6.07) is 3.92. The standard InChI is InChI=1S/C9H14N4OS/c1-14-8-2-5-12-9(15)13(6-3-10)7-4-11/h2,5-8H2,1H3,(H,12,15). The summed E-state index contributed by atoms with van der Waals surface area (Å²) >= 11 is 5.03. The van der Waals surface area contributed by atoms with E-state index in [4.69, 9.17) is 27.5 Å². The number of hydrogen-bond acceptors (Lipinski definition) is 4. The van der Waals surface area contributed by atoms with Crippen LogP contribution in [0.1, 0.15) is 6.42 Å². The maximum absolute atomic E-state index is 8.51. The van der Waals surface area contributed by atoms with Crippen LogP contribution in [0.15, 0.2) is 0 Å². The second-order valence-corrected chi connectivity index (χ2v) is 3.14. The van der Waals surface area contributed by atoms with Gasteiger partial charge in [-0.1, -0.05) is 0 Å². The quantitative estimate of drug-likeness (QED) is 0.397. The molecule has 0 aromatic carbocycles. The van der Waals surface area contributed by atoms with Crippen molar-refractivity contribution in [1.29, 1.82) is 10.5 Å². The van der Waals surface area contributed by atoms with E-state index in [2.05, 4.69) is 5.32 Å². The van der Waals surface area contributed by atoms with Crippen LogP contribution in [0.25, 0.3) is 0 Å². The van der Waals surface area contributed by atoms with Crippen LogP contribution in [0.3, 0.4) is 0 Å². The normalized spacial score (nSPS) is 8.73. The Balaban J connectivity index is 3.83. The van der Waals surface area contributed by atoms with E-state index in [0.717, 1.165) is 6.42 Å². The average Bonchev–Trinajstić information content (AvgIpc) is 2.24. The Hall–Kier alpha value is -1.37. The molecule has 0 aliphatic carbocycles. The highest BCUT2D eigenvalue weighted by Gasteiger charge is 2.06. The molecule has 0 unspecified atom stereocenters. The summed E-state index contributed by atoms with van der Waals surface area (Å²) in [5.41, 5.74) is 0. The molecule has 0 saturated carbocycles.